The molecule has 1 aliphatic rings. The Morgan fingerprint density at radius 2 is 1.89 bits per heavy atom. The molecule has 1 aliphatic carbocycles. The van der Waals surface area contributed by atoms with Crippen LogP contribution in [0.2, 0.25) is 0 Å². The number of aromatic nitrogens is 4. The average Bonchev–Trinajstić information content (AvgIpc) is 3.41. The van der Waals surface area contributed by atoms with E-state index < -0.39 is 11.7 Å². The minimum Gasteiger partial charge on any atom is -0.435 e. The Kier molecular flexibility index (Phi) is 7.25. The monoisotopic (exact) mass is 487 g/mol. The van der Waals surface area contributed by atoms with Gasteiger partial charge in [-0.25, -0.2) is 4.98 Å². The van der Waals surface area contributed by atoms with E-state index in [1.807, 2.05) is 31.5 Å². The molecule has 0 bridgehead atoms. The van der Waals surface area contributed by atoms with Crippen LogP contribution >= 0.6 is 0 Å². The molecule has 2 aromatic carbocycles. The van der Waals surface area contributed by atoms with Crippen LogP contribution in [-0.2, 0) is 19.8 Å². The number of halogens is 3. The lowest BCUT2D eigenvalue weighted by Gasteiger charge is -2.31. The van der Waals surface area contributed by atoms with Crippen molar-refractivity contribution in [1.29, 1.82) is 0 Å². The normalized spacial score (nSPS) is 17.8. The van der Waals surface area contributed by atoms with Crippen LogP contribution < -0.4 is 5.32 Å². The van der Waals surface area contributed by atoms with Gasteiger partial charge in [0.25, 0.3) is 0 Å². The number of nitrogens with zero attached hydrogens (tertiary/aromatic N) is 4. The lowest BCUT2D eigenvalue weighted by Crippen LogP contribution is -2.22. The summed E-state index contributed by atoms with van der Waals surface area (Å²) in [6.45, 7) is 6.50. The number of nitrogens with one attached hydrogen (secondary N) is 1. The number of hydrogen-bond donors (Lipinski definition) is 1. The molecule has 6 nitrogen and oxygen atoms in total. The lowest BCUT2D eigenvalue weighted by molar-refractivity contribution is -0.136. The van der Waals surface area contributed by atoms with E-state index in [0.29, 0.717) is 23.6 Å². The predicted molar refractivity (Wildman–Crippen MR) is 131 cm³/mol. The summed E-state index contributed by atoms with van der Waals surface area (Å²) in [5.41, 5.74) is 0.356. The van der Waals surface area contributed by atoms with Crippen molar-refractivity contribution in [1.82, 2.24) is 25.1 Å². The number of fused-ring (bicyclic) bond motifs is 1. The molecule has 2 aromatic heterocycles. The average molecular weight is 488 g/mol. The standard InChI is InChI=1S/C18H17F3N2O.C8H13N3.H2/c1-11(2)22-10-12-8-14(18(19,20)21)16-15(9-12)23-17(24-16)13-6-4-3-5-7-13;1-6-3-7(4-6)8-10-9-5-11(8)2;/h3-9,11,22H,10H2,1-2H3;5-7H,3-4H2,1-2H3;1H. The summed E-state index contributed by atoms with van der Waals surface area (Å²) in [6.07, 6.45) is -0.156. The summed E-state index contributed by atoms with van der Waals surface area (Å²) >= 11 is 0. The van der Waals surface area contributed by atoms with Gasteiger partial charge in [-0.3, -0.25) is 0 Å². The van der Waals surface area contributed by atoms with Gasteiger partial charge in [-0.2, -0.15) is 13.2 Å². The third-order valence-electron chi connectivity index (χ3n) is 6.08. The third-order valence-corrected chi connectivity index (χ3v) is 6.08. The van der Waals surface area contributed by atoms with Crippen LogP contribution in [0.4, 0.5) is 13.2 Å². The first-order chi connectivity index (χ1) is 16.6. The van der Waals surface area contributed by atoms with Gasteiger partial charge in [0, 0.05) is 32.5 Å². The van der Waals surface area contributed by atoms with Crippen molar-refractivity contribution >= 4 is 11.1 Å². The molecule has 0 saturated heterocycles. The Balaban J connectivity index is 0.000000251. The molecule has 0 unspecified atom stereocenters. The molecule has 0 atom stereocenters. The molecule has 5 rings (SSSR count). The Morgan fingerprint density at radius 1 is 1.17 bits per heavy atom. The van der Waals surface area contributed by atoms with Gasteiger partial charge in [-0.15, -0.1) is 10.2 Å². The van der Waals surface area contributed by atoms with Crippen LogP contribution in [0.3, 0.4) is 0 Å². The van der Waals surface area contributed by atoms with Crippen molar-refractivity contribution < 1.29 is 19.0 Å². The fourth-order valence-corrected chi connectivity index (χ4v) is 4.20. The first kappa shape index (κ1) is 24.9. The molecule has 1 saturated carbocycles. The second-order valence-electron chi connectivity index (χ2n) is 9.48. The first-order valence-corrected chi connectivity index (χ1v) is 11.7. The van der Waals surface area contributed by atoms with Crippen molar-refractivity contribution in [2.45, 2.75) is 58.3 Å². The molecule has 0 radical (unpaired) electrons. The maximum absolute atomic E-state index is 13.4. The highest BCUT2D eigenvalue weighted by Crippen LogP contribution is 2.40. The maximum atomic E-state index is 13.4. The molecule has 9 heteroatoms. The third kappa shape index (κ3) is 5.90. The highest BCUT2D eigenvalue weighted by molar-refractivity contribution is 5.80. The number of hydrogen-bond acceptors (Lipinski definition) is 5. The predicted octanol–water partition coefficient (Wildman–Crippen LogP) is 6.59. The molecule has 0 spiro atoms. The van der Waals surface area contributed by atoms with Gasteiger partial charge in [0.15, 0.2) is 5.58 Å². The summed E-state index contributed by atoms with van der Waals surface area (Å²) < 4.78 is 47.7. The number of oxazole rings is 1. The van der Waals surface area contributed by atoms with E-state index in [4.69, 9.17) is 4.42 Å². The molecule has 1 N–H and O–H groups in total. The minimum atomic E-state index is -4.50. The minimum absolute atomic E-state index is 0. The van der Waals surface area contributed by atoms with Gasteiger partial charge in [-0.1, -0.05) is 39.0 Å². The van der Waals surface area contributed by atoms with Gasteiger partial charge >= 0.3 is 6.18 Å². The van der Waals surface area contributed by atoms with E-state index in [-0.39, 0.29) is 24.5 Å². The number of rotatable bonds is 5. The zero-order valence-electron chi connectivity index (χ0n) is 20.3. The van der Waals surface area contributed by atoms with E-state index >= 15 is 0 Å². The Labute approximate surface area is 204 Å². The Bertz CT molecular complexity index is 1260. The smallest absolute Gasteiger partial charge is 0.420 e. The summed E-state index contributed by atoms with van der Waals surface area (Å²) in [5.74, 6) is 2.90. The maximum Gasteiger partial charge on any atom is 0.420 e. The molecule has 35 heavy (non-hydrogen) atoms. The zero-order valence-corrected chi connectivity index (χ0v) is 20.3. The zero-order chi connectivity index (χ0) is 25.2. The second-order valence-corrected chi connectivity index (χ2v) is 9.48. The molecule has 0 amide bonds. The van der Waals surface area contributed by atoms with Crippen LogP contribution in [0.25, 0.3) is 22.6 Å². The van der Waals surface area contributed by atoms with Crippen LogP contribution in [0.5, 0.6) is 0 Å². The highest BCUT2D eigenvalue weighted by Gasteiger charge is 2.35. The lowest BCUT2D eigenvalue weighted by atomic mass is 9.76. The second kappa shape index (κ2) is 10.2. The van der Waals surface area contributed by atoms with Crippen molar-refractivity contribution in [2.75, 3.05) is 0 Å². The van der Waals surface area contributed by atoms with Crippen molar-refractivity contribution in [2.24, 2.45) is 13.0 Å². The fourth-order valence-electron chi connectivity index (χ4n) is 4.20. The quantitative estimate of drug-likeness (QED) is 0.344. The largest absolute Gasteiger partial charge is 0.435 e. The van der Waals surface area contributed by atoms with Crippen molar-refractivity contribution in [3.63, 3.8) is 0 Å². The van der Waals surface area contributed by atoms with Crippen LogP contribution in [0, 0.1) is 5.92 Å². The van der Waals surface area contributed by atoms with Gasteiger partial charge in [0.05, 0.1) is 0 Å². The fraction of sp³-hybridized carbons (Fsp3) is 0.423. The summed E-state index contributed by atoms with van der Waals surface area (Å²) in [6, 6.07) is 11.8. The van der Waals surface area contributed by atoms with Gasteiger partial charge < -0.3 is 14.3 Å². The van der Waals surface area contributed by atoms with E-state index in [0.717, 1.165) is 17.8 Å². The van der Waals surface area contributed by atoms with Gasteiger partial charge in [-0.05, 0) is 48.6 Å². The highest BCUT2D eigenvalue weighted by atomic mass is 19.4. The molecule has 2 heterocycles. The first-order valence-electron chi connectivity index (χ1n) is 11.7. The summed E-state index contributed by atoms with van der Waals surface area (Å²) in [4.78, 5) is 4.25. The molecule has 0 aliphatic heterocycles. The SMILES string of the molecule is CC(C)NCc1cc(C(F)(F)F)c2oc(-c3ccccc3)nc2c1.CC1CC(c2nncn2C)C1.[HH]. The van der Waals surface area contributed by atoms with Crippen molar-refractivity contribution in [3.8, 4) is 11.5 Å². The molecule has 1 fully saturated rings. The Morgan fingerprint density at radius 3 is 2.46 bits per heavy atom. The van der Waals surface area contributed by atoms with Crippen LogP contribution in [0.1, 0.15) is 57.9 Å². The van der Waals surface area contributed by atoms with Gasteiger partial charge in [0.1, 0.15) is 23.2 Å². The topological polar surface area (TPSA) is 68.8 Å². The summed E-state index contributed by atoms with van der Waals surface area (Å²) in [7, 11) is 2.01. The molecular formula is C26H32F3N5O. The van der Waals surface area contributed by atoms with Crippen LogP contribution in [-0.4, -0.2) is 25.8 Å². The van der Waals surface area contributed by atoms with Crippen LogP contribution in [0.15, 0.2) is 53.2 Å². The number of alkyl halides is 3. The summed E-state index contributed by atoms with van der Waals surface area (Å²) in [5, 5.41) is 11.1. The molecule has 188 valence electrons. The van der Waals surface area contributed by atoms with E-state index in [2.05, 4.69) is 27.4 Å². The Hall–Kier alpha value is -3.20. The number of benzene rings is 2. The van der Waals surface area contributed by atoms with Crippen molar-refractivity contribution in [3.05, 3.63) is 65.7 Å². The molecular weight excluding hydrogens is 455 g/mol. The number of aryl methyl sites for hydroxylation is 1. The van der Waals surface area contributed by atoms with E-state index in [1.54, 1.807) is 36.7 Å². The van der Waals surface area contributed by atoms with E-state index in [9.17, 15) is 13.2 Å². The van der Waals surface area contributed by atoms with E-state index in [1.165, 1.54) is 12.8 Å². The van der Waals surface area contributed by atoms with Gasteiger partial charge in [0.2, 0.25) is 5.89 Å². The molecule has 4 aromatic rings.